The molecule has 3 aromatic heterocycles. The molecule has 4 rings (SSSR count). The van der Waals surface area contributed by atoms with Crippen LogP contribution in [0.3, 0.4) is 0 Å². The summed E-state index contributed by atoms with van der Waals surface area (Å²) in [4.78, 5) is 26.0. The van der Waals surface area contributed by atoms with Gasteiger partial charge in [-0.15, -0.1) is 11.3 Å². The first-order valence-electron chi connectivity index (χ1n) is 7.43. The maximum absolute atomic E-state index is 13.2. The largest absolute Gasteiger partial charge is 0.304 e. The van der Waals surface area contributed by atoms with Crippen LogP contribution < -0.4 is 5.32 Å². The van der Waals surface area contributed by atoms with Crippen molar-refractivity contribution in [1.29, 1.82) is 0 Å². The Labute approximate surface area is 146 Å². The molecule has 0 bridgehead atoms. The molecule has 0 spiro atoms. The SMILES string of the molecule is Cc1cnc(C(=O)Nc2c(-c3ccc(F)cc3)nc3sccn23)cn1. The van der Waals surface area contributed by atoms with Gasteiger partial charge in [0.05, 0.1) is 11.9 Å². The molecule has 3 heterocycles. The summed E-state index contributed by atoms with van der Waals surface area (Å²) in [7, 11) is 0. The third-order valence-electron chi connectivity index (χ3n) is 3.63. The van der Waals surface area contributed by atoms with Gasteiger partial charge >= 0.3 is 0 Å². The van der Waals surface area contributed by atoms with E-state index < -0.39 is 0 Å². The zero-order valence-electron chi connectivity index (χ0n) is 13.1. The Hall–Kier alpha value is -3.13. The maximum Gasteiger partial charge on any atom is 0.277 e. The van der Waals surface area contributed by atoms with E-state index in [0.717, 1.165) is 10.7 Å². The Morgan fingerprint density at radius 2 is 2.00 bits per heavy atom. The van der Waals surface area contributed by atoms with Gasteiger partial charge in [-0.2, -0.15) is 0 Å². The molecule has 6 nitrogen and oxygen atoms in total. The Balaban J connectivity index is 1.76. The molecule has 0 saturated carbocycles. The molecule has 0 aliphatic carbocycles. The van der Waals surface area contributed by atoms with Crippen LogP contribution in [0.15, 0.2) is 48.2 Å². The van der Waals surface area contributed by atoms with E-state index in [1.165, 1.54) is 35.9 Å². The Morgan fingerprint density at radius 1 is 1.20 bits per heavy atom. The van der Waals surface area contributed by atoms with Crippen LogP contribution in [-0.4, -0.2) is 25.3 Å². The Morgan fingerprint density at radius 3 is 2.72 bits per heavy atom. The fourth-order valence-electron chi connectivity index (χ4n) is 2.40. The molecule has 4 aromatic rings. The second-order valence-corrected chi connectivity index (χ2v) is 6.24. The molecule has 1 amide bonds. The number of hydrogen-bond acceptors (Lipinski definition) is 5. The van der Waals surface area contributed by atoms with Crippen LogP contribution in [0.4, 0.5) is 10.2 Å². The number of imidazole rings is 1. The molecule has 1 aromatic carbocycles. The van der Waals surface area contributed by atoms with Crippen molar-refractivity contribution in [3.63, 3.8) is 0 Å². The van der Waals surface area contributed by atoms with Crippen LogP contribution in [0.25, 0.3) is 16.2 Å². The molecule has 0 radical (unpaired) electrons. The number of aromatic nitrogens is 4. The van der Waals surface area contributed by atoms with Gasteiger partial charge in [0, 0.05) is 23.3 Å². The fraction of sp³-hybridized carbons (Fsp3) is 0.0588. The van der Waals surface area contributed by atoms with Gasteiger partial charge in [-0.25, -0.2) is 14.4 Å². The highest BCUT2D eigenvalue weighted by molar-refractivity contribution is 7.15. The van der Waals surface area contributed by atoms with E-state index in [0.29, 0.717) is 17.1 Å². The molecule has 1 N–H and O–H groups in total. The average molecular weight is 353 g/mol. The molecule has 0 fully saturated rings. The summed E-state index contributed by atoms with van der Waals surface area (Å²) in [6.07, 6.45) is 4.77. The first-order valence-corrected chi connectivity index (χ1v) is 8.31. The third-order valence-corrected chi connectivity index (χ3v) is 4.38. The number of hydrogen-bond donors (Lipinski definition) is 1. The molecule has 124 valence electrons. The van der Waals surface area contributed by atoms with Crippen molar-refractivity contribution in [2.75, 3.05) is 5.32 Å². The van der Waals surface area contributed by atoms with Crippen molar-refractivity contribution >= 4 is 28.0 Å². The molecule has 0 saturated heterocycles. The molecule has 8 heteroatoms. The van der Waals surface area contributed by atoms with Crippen LogP contribution in [-0.2, 0) is 0 Å². The second kappa shape index (κ2) is 6.06. The summed E-state index contributed by atoms with van der Waals surface area (Å²) in [5.74, 6) is -0.204. The summed E-state index contributed by atoms with van der Waals surface area (Å²) < 4.78 is 15.0. The quantitative estimate of drug-likeness (QED) is 0.611. The minimum atomic E-state index is -0.385. The van der Waals surface area contributed by atoms with Gasteiger partial charge in [-0.3, -0.25) is 14.2 Å². The van der Waals surface area contributed by atoms with Crippen LogP contribution in [0.2, 0.25) is 0 Å². The lowest BCUT2D eigenvalue weighted by Crippen LogP contribution is -2.15. The first kappa shape index (κ1) is 15.4. The van der Waals surface area contributed by atoms with E-state index in [1.807, 2.05) is 11.6 Å². The number of rotatable bonds is 3. The number of aryl methyl sites for hydroxylation is 1. The number of benzene rings is 1. The summed E-state index contributed by atoms with van der Waals surface area (Å²) >= 11 is 1.44. The fourth-order valence-corrected chi connectivity index (χ4v) is 3.11. The smallest absolute Gasteiger partial charge is 0.277 e. The van der Waals surface area contributed by atoms with Crippen LogP contribution in [0, 0.1) is 12.7 Å². The number of carbonyl (C=O) groups excluding carboxylic acids is 1. The van der Waals surface area contributed by atoms with Gasteiger partial charge in [0.15, 0.2) is 4.96 Å². The van der Waals surface area contributed by atoms with Gasteiger partial charge in [0.2, 0.25) is 0 Å². The van der Waals surface area contributed by atoms with Crippen molar-refractivity contribution in [3.8, 4) is 11.3 Å². The molecule has 0 aliphatic rings. The molecule has 25 heavy (non-hydrogen) atoms. The van der Waals surface area contributed by atoms with Gasteiger partial charge in [-0.05, 0) is 31.2 Å². The van der Waals surface area contributed by atoms with E-state index in [1.54, 1.807) is 23.5 Å². The van der Waals surface area contributed by atoms with Crippen molar-refractivity contribution in [2.45, 2.75) is 6.92 Å². The summed E-state index contributed by atoms with van der Waals surface area (Å²) in [5.41, 5.74) is 2.22. The number of thiazole rings is 1. The molecular weight excluding hydrogens is 341 g/mol. The number of nitrogens with one attached hydrogen (secondary N) is 1. The average Bonchev–Trinajstić information content (AvgIpc) is 3.19. The van der Waals surface area contributed by atoms with Crippen molar-refractivity contribution in [1.82, 2.24) is 19.4 Å². The minimum Gasteiger partial charge on any atom is -0.304 e. The van der Waals surface area contributed by atoms with Gasteiger partial charge in [0.25, 0.3) is 5.91 Å². The van der Waals surface area contributed by atoms with E-state index in [-0.39, 0.29) is 17.4 Å². The minimum absolute atomic E-state index is 0.209. The van der Waals surface area contributed by atoms with Gasteiger partial charge < -0.3 is 5.32 Å². The van der Waals surface area contributed by atoms with Crippen LogP contribution in [0.1, 0.15) is 16.2 Å². The van der Waals surface area contributed by atoms with Gasteiger partial charge in [-0.1, -0.05) is 0 Å². The number of amides is 1. The van der Waals surface area contributed by atoms with Crippen LogP contribution >= 0.6 is 11.3 Å². The predicted molar refractivity (Wildman–Crippen MR) is 93.2 cm³/mol. The highest BCUT2D eigenvalue weighted by atomic mass is 32.1. The van der Waals surface area contributed by atoms with Crippen molar-refractivity contribution in [2.24, 2.45) is 0 Å². The van der Waals surface area contributed by atoms with E-state index in [9.17, 15) is 9.18 Å². The van der Waals surface area contributed by atoms with Crippen molar-refractivity contribution < 1.29 is 9.18 Å². The number of nitrogens with zero attached hydrogens (tertiary/aromatic N) is 4. The lowest BCUT2D eigenvalue weighted by Gasteiger charge is -2.07. The normalized spacial score (nSPS) is 11.0. The number of halogens is 1. The molecule has 0 aliphatic heterocycles. The predicted octanol–water partition coefficient (Wildman–Crippen LogP) is 3.55. The third kappa shape index (κ3) is 2.87. The first-order chi connectivity index (χ1) is 12.1. The Bertz CT molecular complexity index is 1050. The Kier molecular flexibility index (Phi) is 3.73. The lowest BCUT2D eigenvalue weighted by molar-refractivity contribution is 0.102. The number of carbonyl (C=O) groups is 1. The summed E-state index contributed by atoms with van der Waals surface area (Å²) in [6, 6.07) is 5.98. The van der Waals surface area contributed by atoms with E-state index in [2.05, 4.69) is 20.3 Å². The van der Waals surface area contributed by atoms with Gasteiger partial charge in [0.1, 0.15) is 23.0 Å². The topological polar surface area (TPSA) is 72.2 Å². The molecular formula is C17H12FN5OS. The maximum atomic E-state index is 13.2. The standard InChI is InChI=1S/C17H12FN5OS/c1-10-8-20-13(9-19-10)16(24)22-15-14(11-2-4-12(18)5-3-11)21-17-23(15)6-7-25-17/h2-9H,1H3,(H,22,24). The van der Waals surface area contributed by atoms with E-state index in [4.69, 9.17) is 0 Å². The second-order valence-electron chi connectivity index (χ2n) is 5.37. The zero-order valence-corrected chi connectivity index (χ0v) is 13.9. The highest BCUT2D eigenvalue weighted by Crippen LogP contribution is 2.31. The summed E-state index contributed by atoms with van der Waals surface area (Å²) in [6.45, 7) is 1.80. The monoisotopic (exact) mass is 353 g/mol. The summed E-state index contributed by atoms with van der Waals surface area (Å²) in [5, 5.41) is 4.71. The van der Waals surface area contributed by atoms with Crippen molar-refractivity contribution in [3.05, 3.63) is 65.4 Å². The van der Waals surface area contributed by atoms with E-state index >= 15 is 0 Å². The number of anilines is 1. The lowest BCUT2D eigenvalue weighted by atomic mass is 10.1. The number of fused-ring (bicyclic) bond motifs is 1. The molecule has 0 atom stereocenters. The highest BCUT2D eigenvalue weighted by Gasteiger charge is 2.18. The van der Waals surface area contributed by atoms with Crippen LogP contribution in [0.5, 0.6) is 0 Å². The molecule has 0 unspecified atom stereocenters. The zero-order chi connectivity index (χ0) is 17.4.